The van der Waals surface area contributed by atoms with Crippen molar-refractivity contribution < 1.29 is 9.59 Å². The zero-order valence-electron chi connectivity index (χ0n) is 14.5. The molecule has 0 spiro atoms. The molecule has 134 valence electrons. The van der Waals surface area contributed by atoms with Gasteiger partial charge < -0.3 is 10.6 Å². The molecular weight excluding hydrogens is 356 g/mol. The van der Waals surface area contributed by atoms with Gasteiger partial charge in [0.1, 0.15) is 0 Å². The first kappa shape index (κ1) is 19.4. The lowest BCUT2D eigenvalue weighted by Crippen LogP contribution is -2.44. The molecule has 0 aliphatic heterocycles. The summed E-state index contributed by atoms with van der Waals surface area (Å²) in [5, 5.41) is 14.9. The average Bonchev–Trinajstić information content (AvgIpc) is 3.04. The Hall–Kier alpha value is -1.93. The molecule has 25 heavy (non-hydrogen) atoms. The molecule has 0 saturated carbocycles. The highest BCUT2D eigenvalue weighted by atomic mass is 32.2. The van der Waals surface area contributed by atoms with Gasteiger partial charge in [-0.2, -0.15) is 0 Å². The van der Waals surface area contributed by atoms with Crippen molar-refractivity contribution in [3.05, 3.63) is 35.9 Å². The Bertz CT molecular complexity index is 704. The van der Waals surface area contributed by atoms with Crippen LogP contribution in [0.3, 0.4) is 0 Å². The molecule has 2 N–H and O–H groups in total. The number of carbonyl (C=O) groups is 2. The lowest BCUT2D eigenvalue weighted by Gasteiger charge is -2.19. The summed E-state index contributed by atoms with van der Waals surface area (Å²) in [6.45, 7) is 5.99. The zero-order valence-corrected chi connectivity index (χ0v) is 16.1. The minimum absolute atomic E-state index is 0.0309. The summed E-state index contributed by atoms with van der Waals surface area (Å²) in [4.78, 5) is 23.5. The fourth-order valence-electron chi connectivity index (χ4n) is 2.19. The molecule has 1 aromatic carbocycles. The van der Waals surface area contributed by atoms with Crippen LogP contribution in [0, 0.1) is 5.92 Å². The van der Waals surface area contributed by atoms with E-state index in [1.165, 1.54) is 30.0 Å². The minimum atomic E-state index is -0.439. The summed E-state index contributed by atoms with van der Waals surface area (Å²) < 4.78 is 0.717. The Morgan fingerprint density at radius 2 is 1.92 bits per heavy atom. The minimum Gasteiger partial charge on any atom is -0.356 e. The van der Waals surface area contributed by atoms with Crippen molar-refractivity contribution >= 4 is 39.9 Å². The first-order valence-corrected chi connectivity index (χ1v) is 9.80. The summed E-state index contributed by atoms with van der Waals surface area (Å²) >= 11 is 2.73. The van der Waals surface area contributed by atoms with Gasteiger partial charge in [0.2, 0.25) is 11.0 Å². The molecule has 0 saturated heterocycles. The largest absolute Gasteiger partial charge is 0.356 e. The van der Waals surface area contributed by atoms with Crippen molar-refractivity contribution in [2.45, 2.75) is 37.7 Å². The van der Waals surface area contributed by atoms with Crippen LogP contribution >= 0.6 is 23.1 Å². The molecule has 0 fully saturated rings. The van der Waals surface area contributed by atoms with E-state index >= 15 is 0 Å². The average molecular weight is 379 g/mol. The Morgan fingerprint density at radius 3 is 2.56 bits per heavy atom. The van der Waals surface area contributed by atoms with Gasteiger partial charge in [0.25, 0.3) is 0 Å². The molecule has 0 aliphatic carbocycles. The highest BCUT2D eigenvalue weighted by Crippen LogP contribution is 2.25. The van der Waals surface area contributed by atoms with Crippen LogP contribution in [0.25, 0.3) is 0 Å². The number of anilines is 1. The molecule has 1 unspecified atom stereocenters. The van der Waals surface area contributed by atoms with Gasteiger partial charge in [-0.05, 0) is 18.4 Å². The molecule has 8 heteroatoms. The third-order valence-electron chi connectivity index (χ3n) is 3.44. The summed E-state index contributed by atoms with van der Waals surface area (Å²) in [5.74, 6) is 0.0791. The number of nitrogens with zero attached hydrogens (tertiary/aromatic N) is 2. The lowest BCUT2D eigenvalue weighted by molar-refractivity contribution is -0.126. The van der Waals surface area contributed by atoms with Crippen LogP contribution in [0.15, 0.2) is 34.7 Å². The Morgan fingerprint density at radius 1 is 1.20 bits per heavy atom. The van der Waals surface area contributed by atoms with E-state index in [9.17, 15) is 9.59 Å². The number of nitrogens with one attached hydrogen (secondary N) is 2. The maximum Gasteiger partial charge on any atom is 0.231 e. The number of benzene rings is 1. The maximum absolute atomic E-state index is 12.0. The van der Waals surface area contributed by atoms with Crippen molar-refractivity contribution in [1.29, 1.82) is 0 Å². The maximum atomic E-state index is 12.0. The van der Waals surface area contributed by atoms with Crippen molar-refractivity contribution in [2.75, 3.05) is 11.1 Å². The van der Waals surface area contributed by atoms with Crippen LogP contribution in [-0.2, 0) is 16.1 Å². The van der Waals surface area contributed by atoms with Gasteiger partial charge in [-0.3, -0.25) is 9.59 Å². The van der Waals surface area contributed by atoms with Gasteiger partial charge in [0, 0.05) is 6.54 Å². The fourth-order valence-corrected chi connectivity index (χ4v) is 3.75. The van der Waals surface area contributed by atoms with Gasteiger partial charge >= 0.3 is 0 Å². The smallest absolute Gasteiger partial charge is 0.231 e. The fraction of sp³-hybridized carbons (Fsp3) is 0.412. The van der Waals surface area contributed by atoms with Gasteiger partial charge in [0.05, 0.1) is 11.8 Å². The first-order valence-electron chi connectivity index (χ1n) is 7.99. The van der Waals surface area contributed by atoms with Gasteiger partial charge in [-0.15, -0.1) is 10.2 Å². The van der Waals surface area contributed by atoms with Crippen molar-refractivity contribution in [2.24, 2.45) is 5.92 Å². The Kier molecular flexibility index (Phi) is 7.39. The molecule has 0 bridgehead atoms. The highest BCUT2D eigenvalue weighted by molar-refractivity contribution is 8.01. The van der Waals surface area contributed by atoms with E-state index in [2.05, 4.69) is 20.8 Å². The predicted octanol–water partition coefficient (Wildman–Crippen LogP) is 2.97. The molecule has 2 rings (SSSR count). The predicted molar refractivity (Wildman–Crippen MR) is 102 cm³/mol. The lowest BCUT2D eigenvalue weighted by atomic mass is 10.0. The van der Waals surface area contributed by atoms with Crippen LogP contribution < -0.4 is 10.6 Å². The number of carbonyl (C=O) groups excluding carboxylic acids is 2. The van der Waals surface area contributed by atoms with E-state index in [4.69, 9.17) is 0 Å². The summed E-state index contributed by atoms with van der Waals surface area (Å²) in [6, 6.07) is 9.59. The second-order valence-electron chi connectivity index (χ2n) is 5.90. The summed E-state index contributed by atoms with van der Waals surface area (Å²) in [5.41, 5.74) is 1.16. The summed E-state index contributed by atoms with van der Waals surface area (Å²) in [6.07, 6.45) is 0. The standard InChI is InChI=1S/C17H22N4O2S2/c1-11(2)15(12(3)22)19-14(23)10-24-17-21-20-16(25-17)18-9-13-7-5-4-6-8-13/h4-8,11,15H,9-10H2,1-3H3,(H,18,20)(H,19,23). The Balaban J connectivity index is 1.79. The van der Waals surface area contributed by atoms with Gasteiger partial charge in [-0.1, -0.05) is 67.3 Å². The second-order valence-corrected chi connectivity index (χ2v) is 8.10. The number of rotatable bonds is 9. The molecule has 1 atom stereocenters. The van der Waals surface area contributed by atoms with E-state index in [1.54, 1.807) is 0 Å². The quantitative estimate of drug-likeness (QED) is 0.653. The molecule has 0 radical (unpaired) electrons. The van der Waals surface area contributed by atoms with Crippen LogP contribution in [0.5, 0.6) is 0 Å². The van der Waals surface area contributed by atoms with Crippen LogP contribution in [0.1, 0.15) is 26.3 Å². The third kappa shape index (κ3) is 6.47. The first-order chi connectivity index (χ1) is 12.0. The van der Waals surface area contributed by atoms with E-state index in [0.29, 0.717) is 6.54 Å². The molecule has 6 nitrogen and oxygen atoms in total. The van der Waals surface area contributed by atoms with E-state index in [0.717, 1.165) is 15.0 Å². The normalized spacial score (nSPS) is 12.0. The van der Waals surface area contributed by atoms with Gasteiger partial charge in [0.15, 0.2) is 10.1 Å². The van der Waals surface area contributed by atoms with E-state index in [-0.39, 0.29) is 23.4 Å². The number of Topliss-reactive ketones (excluding diaryl/α,β-unsaturated/α-hetero) is 1. The van der Waals surface area contributed by atoms with Crippen molar-refractivity contribution in [3.8, 4) is 0 Å². The van der Waals surface area contributed by atoms with Crippen LogP contribution in [0.4, 0.5) is 5.13 Å². The topological polar surface area (TPSA) is 84.0 Å². The van der Waals surface area contributed by atoms with Crippen LogP contribution in [0.2, 0.25) is 0 Å². The molecular formula is C17H22N4O2S2. The summed E-state index contributed by atoms with van der Waals surface area (Å²) in [7, 11) is 0. The van der Waals surface area contributed by atoms with E-state index < -0.39 is 6.04 Å². The SMILES string of the molecule is CC(=O)C(NC(=O)CSc1nnc(NCc2ccccc2)s1)C(C)C. The number of amides is 1. The highest BCUT2D eigenvalue weighted by Gasteiger charge is 2.20. The number of hydrogen-bond acceptors (Lipinski definition) is 7. The van der Waals surface area contributed by atoms with E-state index in [1.807, 2.05) is 44.2 Å². The number of thioether (sulfide) groups is 1. The molecule has 1 aromatic heterocycles. The molecule has 0 aliphatic rings. The third-order valence-corrected chi connectivity index (χ3v) is 5.46. The zero-order chi connectivity index (χ0) is 18.2. The molecule has 2 aromatic rings. The molecule has 1 amide bonds. The monoisotopic (exact) mass is 378 g/mol. The molecule has 1 heterocycles. The Labute approximate surface area is 155 Å². The van der Waals surface area contributed by atoms with Crippen molar-refractivity contribution in [1.82, 2.24) is 15.5 Å². The number of aromatic nitrogens is 2. The second kappa shape index (κ2) is 9.53. The number of hydrogen-bond donors (Lipinski definition) is 2. The number of ketones is 1. The van der Waals surface area contributed by atoms with Crippen molar-refractivity contribution in [3.63, 3.8) is 0 Å². The van der Waals surface area contributed by atoms with Crippen LogP contribution in [-0.4, -0.2) is 33.7 Å². The van der Waals surface area contributed by atoms with Gasteiger partial charge in [-0.25, -0.2) is 0 Å².